The number of carbonyl (C=O) groups is 3. The monoisotopic (exact) mass is 355 g/mol. The van der Waals surface area contributed by atoms with Gasteiger partial charge in [0.05, 0.1) is 24.3 Å². The van der Waals surface area contributed by atoms with Crippen molar-refractivity contribution >= 4 is 23.2 Å². The van der Waals surface area contributed by atoms with Crippen LogP contribution in [0.3, 0.4) is 0 Å². The van der Waals surface area contributed by atoms with E-state index >= 15 is 0 Å². The summed E-state index contributed by atoms with van der Waals surface area (Å²) < 4.78 is 4.66. The normalized spacial score (nSPS) is 14.9. The average Bonchev–Trinajstić information content (AvgIpc) is 2.64. The highest BCUT2D eigenvalue weighted by atomic mass is 16.5. The molecule has 3 N–H and O–H groups in total. The number of methoxy groups -OCH3 is 1. The Morgan fingerprint density at radius 1 is 1.04 bits per heavy atom. The van der Waals surface area contributed by atoms with Crippen LogP contribution in [0.2, 0.25) is 0 Å². The van der Waals surface area contributed by atoms with E-state index < -0.39 is 29.7 Å². The molecule has 0 heterocycles. The van der Waals surface area contributed by atoms with Crippen LogP contribution < -0.4 is 5.32 Å². The number of ether oxygens (including phenoxy) is 1. The van der Waals surface area contributed by atoms with Gasteiger partial charge in [-0.05, 0) is 19.1 Å². The maximum atomic E-state index is 12.9. The van der Waals surface area contributed by atoms with Crippen molar-refractivity contribution in [3.63, 3.8) is 0 Å². The number of phenolic OH excluding ortho intramolecular Hbond substituents is 1. The smallest absolute Gasteiger partial charge is 0.330 e. The molecule has 2 aromatic carbocycles. The number of hydrogen-bond donors (Lipinski definition) is 3. The van der Waals surface area contributed by atoms with E-state index in [4.69, 9.17) is 0 Å². The molecular weight excluding hydrogens is 338 g/mol. The summed E-state index contributed by atoms with van der Waals surface area (Å²) in [7, 11) is 1.18. The molecule has 0 amide bonds. The molecular formula is C19H17NO6. The molecule has 0 spiro atoms. The van der Waals surface area contributed by atoms with Gasteiger partial charge < -0.3 is 20.3 Å². The Morgan fingerprint density at radius 3 is 2.15 bits per heavy atom. The number of ketones is 2. The van der Waals surface area contributed by atoms with Crippen LogP contribution in [0.1, 0.15) is 38.8 Å². The largest absolute Gasteiger partial charge is 0.507 e. The number of rotatable bonds is 4. The van der Waals surface area contributed by atoms with E-state index in [0.29, 0.717) is 0 Å². The summed E-state index contributed by atoms with van der Waals surface area (Å²) in [6.07, 6.45) is -1.12. The van der Waals surface area contributed by atoms with Crippen molar-refractivity contribution in [3.05, 3.63) is 58.7 Å². The second kappa shape index (κ2) is 6.61. The van der Waals surface area contributed by atoms with Crippen molar-refractivity contribution in [1.82, 2.24) is 0 Å². The molecule has 0 saturated heterocycles. The molecule has 7 nitrogen and oxygen atoms in total. The van der Waals surface area contributed by atoms with Crippen LogP contribution in [-0.2, 0) is 9.53 Å². The number of nitrogens with one attached hydrogen (secondary N) is 1. The van der Waals surface area contributed by atoms with Crippen molar-refractivity contribution in [3.8, 4) is 5.75 Å². The van der Waals surface area contributed by atoms with E-state index in [-0.39, 0.29) is 33.7 Å². The van der Waals surface area contributed by atoms with Crippen molar-refractivity contribution in [2.45, 2.75) is 19.1 Å². The molecule has 0 aliphatic heterocycles. The highest BCUT2D eigenvalue weighted by Crippen LogP contribution is 2.37. The first kappa shape index (κ1) is 17.6. The van der Waals surface area contributed by atoms with Crippen molar-refractivity contribution < 1.29 is 29.3 Å². The lowest BCUT2D eigenvalue weighted by Crippen LogP contribution is -2.40. The summed E-state index contributed by atoms with van der Waals surface area (Å²) in [5.74, 6) is -1.99. The Hall–Kier alpha value is -3.19. The molecule has 134 valence electrons. The van der Waals surface area contributed by atoms with Gasteiger partial charge in [0.2, 0.25) is 0 Å². The molecule has 1 aliphatic rings. The van der Waals surface area contributed by atoms with Crippen LogP contribution in [0.4, 0.5) is 5.69 Å². The number of carbonyl (C=O) groups excluding carboxylic acids is 3. The minimum atomic E-state index is -1.14. The zero-order valence-corrected chi connectivity index (χ0v) is 14.1. The number of aliphatic hydroxyl groups is 1. The Bertz CT molecular complexity index is 918. The number of aliphatic hydroxyl groups excluding tert-OH is 1. The first-order valence-corrected chi connectivity index (χ1v) is 7.93. The molecule has 0 saturated carbocycles. The van der Waals surface area contributed by atoms with Gasteiger partial charge >= 0.3 is 5.97 Å². The second-order valence-corrected chi connectivity index (χ2v) is 5.97. The van der Waals surface area contributed by atoms with Crippen LogP contribution in [0.5, 0.6) is 5.75 Å². The first-order valence-electron chi connectivity index (χ1n) is 7.93. The fourth-order valence-electron chi connectivity index (χ4n) is 3.00. The number of esters is 1. The van der Waals surface area contributed by atoms with Crippen LogP contribution in [-0.4, -0.2) is 47.0 Å². The van der Waals surface area contributed by atoms with Gasteiger partial charge in [-0.3, -0.25) is 9.59 Å². The topological polar surface area (TPSA) is 113 Å². The molecule has 0 bridgehead atoms. The predicted molar refractivity (Wildman–Crippen MR) is 92.5 cm³/mol. The number of fused-ring (bicyclic) bond motifs is 2. The molecule has 7 heteroatoms. The Kier molecular flexibility index (Phi) is 4.48. The SMILES string of the molecule is COC(=O)[C@@H](Nc1ccc(O)c2c1C(=O)c1ccccc1C2=O)[C@@H](C)O. The van der Waals surface area contributed by atoms with E-state index in [2.05, 4.69) is 10.1 Å². The molecule has 0 unspecified atom stereocenters. The third-order valence-electron chi connectivity index (χ3n) is 4.30. The molecule has 3 rings (SSSR count). The zero-order valence-electron chi connectivity index (χ0n) is 14.1. The van der Waals surface area contributed by atoms with Gasteiger partial charge in [0, 0.05) is 16.8 Å². The van der Waals surface area contributed by atoms with Gasteiger partial charge in [0.25, 0.3) is 0 Å². The van der Waals surface area contributed by atoms with E-state index in [1.165, 1.54) is 38.3 Å². The molecule has 0 aromatic heterocycles. The Labute approximate surface area is 149 Å². The Morgan fingerprint density at radius 2 is 1.62 bits per heavy atom. The van der Waals surface area contributed by atoms with E-state index in [1.807, 2.05) is 0 Å². The number of phenols is 1. The van der Waals surface area contributed by atoms with Gasteiger partial charge in [-0.2, -0.15) is 0 Å². The fourth-order valence-corrected chi connectivity index (χ4v) is 3.00. The summed E-state index contributed by atoms with van der Waals surface area (Å²) in [4.78, 5) is 37.6. The second-order valence-electron chi connectivity index (χ2n) is 5.97. The van der Waals surface area contributed by atoms with Gasteiger partial charge in [-0.1, -0.05) is 24.3 Å². The lowest BCUT2D eigenvalue weighted by molar-refractivity contribution is -0.143. The molecule has 1 aliphatic carbocycles. The maximum absolute atomic E-state index is 12.9. The lowest BCUT2D eigenvalue weighted by atomic mass is 9.82. The molecule has 2 atom stereocenters. The van der Waals surface area contributed by atoms with E-state index in [1.54, 1.807) is 12.1 Å². The molecule has 0 radical (unpaired) electrons. The van der Waals surface area contributed by atoms with Crippen LogP contribution >= 0.6 is 0 Å². The van der Waals surface area contributed by atoms with E-state index in [9.17, 15) is 24.6 Å². The fraction of sp³-hybridized carbons (Fsp3) is 0.211. The van der Waals surface area contributed by atoms with E-state index in [0.717, 1.165) is 0 Å². The summed E-state index contributed by atoms with van der Waals surface area (Å²) in [5.41, 5.74) is 0.404. The van der Waals surface area contributed by atoms with Gasteiger partial charge in [0.1, 0.15) is 5.75 Å². The standard InChI is InChI=1S/C19H17NO6/c1-9(21)16(19(25)26-2)20-12-7-8-13(22)15-14(12)17(23)10-5-3-4-6-11(10)18(15)24/h3-9,16,20-22H,1-2H3/t9-,16+/m1/s1. The summed E-state index contributed by atoms with van der Waals surface area (Å²) in [5, 5.41) is 22.8. The number of aromatic hydroxyl groups is 1. The van der Waals surface area contributed by atoms with Crippen LogP contribution in [0.15, 0.2) is 36.4 Å². The maximum Gasteiger partial charge on any atom is 0.330 e. The third kappa shape index (κ3) is 2.72. The molecule has 26 heavy (non-hydrogen) atoms. The number of benzene rings is 2. The summed E-state index contributed by atoms with van der Waals surface area (Å²) >= 11 is 0. The Balaban J connectivity index is 2.15. The minimum absolute atomic E-state index is 0.0387. The quantitative estimate of drug-likeness (QED) is 0.480. The molecule has 2 aromatic rings. The predicted octanol–water partition coefficient (Wildman–Crippen LogP) is 1.50. The average molecular weight is 355 g/mol. The zero-order chi connectivity index (χ0) is 19.0. The van der Waals surface area contributed by atoms with Gasteiger partial charge in [-0.15, -0.1) is 0 Å². The van der Waals surface area contributed by atoms with Gasteiger partial charge in [-0.25, -0.2) is 4.79 Å². The highest BCUT2D eigenvalue weighted by molar-refractivity contribution is 6.31. The van der Waals surface area contributed by atoms with Crippen molar-refractivity contribution in [2.75, 3.05) is 12.4 Å². The summed E-state index contributed by atoms with van der Waals surface area (Å²) in [6.45, 7) is 1.39. The lowest BCUT2D eigenvalue weighted by Gasteiger charge is -2.25. The van der Waals surface area contributed by atoms with Crippen molar-refractivity contribution in [1.29, 1.82) is 0 Å². The summed E-state index contributed by atoms with van der Waals surface area (Å²) in [6, 6.07) is 7.81. The van der Waals surface area contributed by atoms with Crippen LogP contribution in [0, 0.1) is 0 Å². The molecule has 0 fully saturated rings. The van der Waals surface area contributed by atoms with Crippen LogP contribution in [0.25, 0.3) is 0 Å². The number of hydrogen-bond acceptors (Lipinski definition) is 7. The van der Waals surface area contributed by atoms with Crippen molar-refractivity contribution in [2.24, 2.45) is 0 Å². The van der Waals surface area contributed by atoms with Gasteiger partial charge in [0.15, 0.2) is 17.6 Å². The minimum Gasteiger partial charge on any atom is -0.507 e. The first-order chi connectivity index (χ1) is 12.4. The third-order valence-corrected chi connectivity index (χ3v) is 4.30. The highest BCUT2D eigenvalue weighted by Gasteiger charge is 2.35. The number of anilines is 1.